The van der Waals surface area contributed by atoms with E-state index in [0.717, 1.165) is 50.0 Å². The van der Waals surface area contributed by atoms with Crippen molar-refractivity contribution in [2.45, 2.75) is 13.8 Å². The highest BCUT2D eigenvalue weighted by atomic mass is 32.1. The quantitative estimate of drug-likeness (QED) is 0.105. The zero-order valence-corrected chi connectivity index (χ0v) is 26.5. The van der Waals surface area contributed by atoms with Gasteiger partial charge in [-0.2, -0.15) is 0 Å². The van der Waals surface area contributed by atoms with E-state index >= 15 is 0 Å². The summed E-state index contributed by atoms with van der Waals surface area (Å²) in [5, 5.41) is 11.7. The number of fused-ring (bicyclic) bond motifs is 4. The van der Waals surface area contributed by atoms with Crippen LogP contribution in [-0.4, -0.2) is 24.2 Å². The summed E-state index contributed by atoms with van der Waals surface area (Å²) in [6, 6.07) is 43.1. The lowest BCUT2D eigenvalue weighted by molar-refractivity contribution is -0.132. The Balaban J connectivity index is 1.33. The summed E-state index contributed by atoms with van der Waals surface area (Å²) < 4.78 is 0.728. The van der Waals surface area contributed by atoms with E-state index in [2.05, 4.69) is 133 Å². The van der Waals surface area contributed by atoms with Crippen LogP contribution >= 0.6 is 11.3 Å². The first-order valence-corrected chi connectivity index (χ1v) is 16.2. The number of aliphatic carboxylic acids is 1. The minimum atomic E-state index is -1.21. The smallest absolute Gasteiger partial charge is 0.333 e. The molecular formula is C40H32N3O2S+. The van der Waals surface area contributed by atoms with Gasteiger partial charge in [0.2, 0.25) is 0 Å². The molecule has 2 heterocycles. The van der Waals surface area contributed by atoms with Crippen molar-refractivity contribution < 1.29 is 9.90 Å². The van der Waals surface area contributed by atoms with Crippen molar-refractivity contribution in [1.29, 1.82) is 0 Å². The average molecular weight is 619 g/mol. The number of benzene rings is 5. The lowest BCUT2D eigenvalue weighted by Crippen LogP contribution is -2.42. The van der Waals surface area contributed by atoms with Gasteiger partial charge in [0.1, 0.15) is 11.4 Å². The molecule has 0 fully saturated rings. The molecule has 1 aliphatic rings. The first-order valence-electron chi connectivity index (χ1n) is 15.4. The Labute approximate surface area is 272 Å². The fraction of sp³-hybridized carbons (Fsp3) is 0.100. The van der Waals surface area contributed by atoms with Gasteiger partial charge < -0.3 is 10.0 Å². The van der Waals surface area contributed by atoms with Gasteiger partial charge in [-0.1, -0.05) is 54.6 Å². The number of carboxylic acids is 1. The van der Waals surface area contributed by atoms with Crippen LogP contribution in [0.2, 0.25) is 0 Å². The van der Waals surface area contributed by atoms with Crippen molar-refractivity contribution in [3.8, 4) is 21.6 Å². The number of carbonyl (C=O) groups is 1. The molecule has 5 aromatic carbocycles. The second-order valence-corrected chi connectivity index (χ2v) is 12.5. The Bertz CT molecular complexity index is 2190. The molecule has 6 aromatic rings. The number of hydrogen-bond donors (Lipinski definition) is 1. The molecule has 5 nitrogen and oxygen atoms in total. The predicted octanol–water partition coefficient (Wildman–Crippen LogP) is 11.0. The summed E-state index contributed by atoms with van der Waals surface area (Å²) in [7, 11) is 0. The zero-order valence-electron chi connectivity index (χ0n) is 25.6. The van der Waals surface area contributed by atoms with Crippen LogP contribution in [0.3, 0.4) is 0 Å². The maximum Gasteiger partial charge on any atom is 0.333 e. The van der Waals surface area contributed by atoms with Crippen LogP contribution in [0.15, 0.2) is 127 Å². The number of para-hydroxylation sites is 1. The first-order chi connectivity index (χ1) is 22.5. The SMILES string of the molecule is [C-]#[N+]/C(=C\c1ccc(-c2ccc3c(c2)[N+](CC)(CC)c2cc(N(c4ccccc4)c4ccc5ccccc5c4)ccc2-3)s1)C(=O)O. The fourth-order valence-electron chi connectivity index (χ4n) is 6.74. The Morgan fingerprint density at radius 2 is 1.41 bits per heavy atom. The van der Waals surface area contributed by atoms with Crippen LogP contribution in [0.25, 0.3) is 43.3 Å². The van der Waals surface area contributed by atoms with Crippen molar-refractivity contribution in [1.82, 2.24) is 4.48 Å². The van der Waals surface area contributed by atoms with E-state index in [0.29, 0.717) is 0 Å². The minimum Gasteiger partial charge on any atom is -0.486 e. The van der Waals surface area contributed by atoms with Gasteiger partial charge in [0, 0.05) is 44.4 Å². The molecule has 0 unspecified atom stereocenters. The van der Waals surface area contributed by atoms with Gasteiger partial charge in [-0.25, -0.2) is 4.85 Å². The number of carboxylic acid groups (broad SMARTS) is 1. The van der Waals surface area contributed by atoms with Gasteiger partial charge in [-0.3, -0.25) is 9.28 Å². The van der Waals surface area contributed by atoms with E-state index in [1.807, 2.05) is 12.1 Å². The molecule has 0 aliphatic carbocycles. The normalized spacial score (nSPS) is 13.2. The van der Waals surface area contributed by atoms with Crippen LogP contribution in [-0.2, 0) is 4.79 Å². The van der Waals surface area contributed by atoms with Crippen LogP contribution in [0, 0.1) is 6.57 Å². The van der Waals surface area contributed by atoms with Crippen molar-refractivity contribution in [3.63, 3.8) is 0 Å². The van der Waals surface area contributed by atoms with Gasteiger partial charge in [0.05, 0.1) is 25.3 Å². The molecule has 0 amide bonds. The largest absolute Gasteiger partial charge is 0.486 e. The topological polar surface area (TPSA) is 44.9 Å². The maximum atomic E-state index is 11.4. The first kappa shape index (κ1) is 29.2. The Hall–Kier alpha value is -5.48. The molecule has 7 rings (SSSR count). The maximum absolute atomic E-state index is 11.4. The highest BCUT2D eigenvalue weighted by molar-refractivity contribution is 7.16. The third-order valence-electron chi connectivity index (χ3n) is 9.06. The molecule has 46 heavy (non-hydrogen) atoms. The Kier molecular flexibility index (Phi) is 7.50. The van der Waals surface area contributed by atoms with Gasteiger partial charge in [-0.15, -0.1) is 11.3 Å². The molecule has 0 bridgehead atoms. The third-order valence-corrected chi connectivity index (χ3v) is 10.1. The number of thiophene rings is 1. The Morgan fingerprint density at radius 3 is 2.13 bits per heavy atom. The summed E-state index contributed by atoms with van der Waals surface area (Å²) in [5.74, 6) is -1.21. The molecule has 0 radical (unpaired) electrons. The molecule has 0 saturated carbocycles. The molecule has 224 valence electrons. The van der Waals surface area contributed by atoms with E-state index in [-0.39, 0.29) is 5.70 Å². The van der Waals surface area contributed by atoms with E-state index in [4.69, 9.17) is 6.57 Å². The average Bonchev–Trinajstić information content (AvgIpc) is 3.68. The van der Waals surface area contributed by atoms with Crippen LogP contribution in [0.4, 0.5) is 28.4 Å². The molecular weight excluding hydrogens is 587 g/mol. The molecule has 1 aliphatic heterocycles. The van der Waals surface area contributed by atoms with E-state index < -0.39 is 5.97 Å². The van der Waals surface area contributed by atoms with Crippen molar-refractivity contribution in [3.05, 3.63) is 143 Å². The zero-order chi connectivity index (χ0) is 31.8. The number of rotatable bonds is 8. The highest BCUT2D eigenvalue weighted by Gasteiger charge is 2.42. The lowest BCUT2D eigenvalue weighted by atomic mass is 10.0. The molecule has 1 aromatic heterocycles. The monoisotopic (exact) mass is 618 g/mol. The van der Waals surface area contributed by atoms with Crippen molar-refractivity contribution in [2.75, 3.05) is 18.0 Å². The van der Waals surface area contributed by atoms with Crippen LogP contribution < -0.4 is 9.38 Å². The van der Waals surface area contributed by atoms with Gasteiger partial charge in [0.25, 0.3) is 5.70 Å². The second kappa shape index (κ2) is 11.8. The predicted molar refractivity (Wildman–Crippen MR) is 192 cm³/mol. The minimum absolute atomic E-state index is 0.283. The molecule has 0 atom stereocenters. The molecule has 6 heteroatoms. The van der Waals surface area contributed by atoms with Crippen molar-refractivity contribution >= 4 is 62.6 Å². The van der Waals surface area contributed by atoms with E-state index in [1.54, 1.807) is 0 Å². The number of nitrogens with zero attached hydrogens (tertiary/aromatic N) is 3. The van der Waals surface area contributed by atoms with Crippen LogP contribution in [0.5, 0.6) is 0 Å². The standard InChI is InChI=1S/C40H31N3O2S/c1-4-43(5-2)37-24-29(39-22-19-33(46-39)26-36(41-3)40(44)45)16-20-34(37)35-21-18-32(25-38(35)43)42(30-13-7-6-8-14-30)31-17-15-27-11-9-10-12-28(27)23-31/h6-26H,4-5H2,1-2H3/p+1/b36-26-. The van der Waals surface area contributed by atoms with Gasteiger partial charge >= 0.3 is 5.97 Å². The number of hydrogen-bond acceptors (Lipinski definition) is 3. The van der Waals surface area contributed by atoms with Crippen LogP contribution in [0.1, 0.15) is 18.7 Å². The van der Waals surface area contributed by atoms with Gasteiger partial charge in [-0.05, 0) is 90.9 Å². The molecule has 0 spiro atoms. The number of quaternary nitrogens is 1. The third kappa shape index (κ3) is 4.87. The molecule has 1 N–H and O–H groups in total. The summed E-state index contributed by atoms with van der Waals surface area (Å²) in [5.41, 5.74) is 9.17. The number of anilines is 3. The fourth-order valence-corrected chi connectivity index (χ4v) is 7.69. The highest BCUT2D eigenvalue weighted by Crippen LogP contribution is 2.55. The lowest BCUT2D eigenvalue weighted by Gasteiger charge is -2.34. The van der Waals surface area contributed by atoms with Crippen molar-refractivity contribution in [2.24, 2.45) is 0 Å². The summed E-state index contributed by atoms with van der Waals surface area (Å²) >= 11 is 1.50. The Morgan fingerprint density at radius 1 is 0.761 bits per heavy atom. The summed E-state index contributed by atoms with van der Waals surface area (Å²) in [6.07, 6.45) is 1.45. The van der Waals surface area contributed by atoms with E-state index in [1.165, 1.54) is 50.7 Å². The molecule has 0 saturated heterocycles. The summed E-state index contributed by atoms with van der Waals surface area (Å²) in [4.78, 5) is 18.7. The second-order valence-electron chi connectivity index (χ2n) is 11.4. The van der Waals surface area contributed by atoms with Gasteiger partial charge in [0.15, 0.2) is 0 Å². The van der Waals surface area contributed by atoms with E-state index in [9.17, 15) is 9.90 Å². The summed E-state index contributed by atoms with van der Waals surface area (Å²) in [6.45, 7) is 13.5.